The zero-order valence-electron chi connectivity index (χ0n) is 11.5. The minimum absolute atomic E-state index is 0.702. The number of rotatable bonds is 6. The third kappa shape index (κ3) is 3.06. The number of imidazole rings is 1. The van der Waals surface area contributed by atoms with Crippen LogP contribution in [0, 0.1) is 0 Å². The second-order valence-electron chi connectivity index (χ2n) is 4.21. The summed E-state index contributed by atoms with van der Waals surface area (Å²) in [6.45, 7) is 1.41. The van der Waals surface area contributed by atoms with Gasteiger partial charge in [-0.1, -0.05) is 12.1 Å². The average molecular weight is 261 g/mol. The van der Waals surface area contributed by atoms with Crippen molar-refractivity contribution in [2.75, 3.05) is 14.2 Å². The van der Waals surface area contributed by atoms with Gasteiger partial charge in [0, 0.05) is 31.5 Å². The number of aromatic nitrogens is 2. The van der Waals surface area contributed by atoms with Gasteiger partial charge in [-0.25, -0.2) is 4.98 Å². The fourth-order valence-electron chi connectivity index (χ4n) is 1.97. The number of nitrogens with zero attached hydrogens (tertiary/aromatic N) is 2. The lowest BCUT2D eigenvalue weighted by molar-refractivity contribution is 0.350. The van der Waals surface area contributed by atoms with Crippen LogP contribution in [0.15, 0.2) is 30.6 Å². The molecule has 2 aromatic rings. The summed E-state index contributed by atoms with van der Waals surface area (Å²) in [6.07, 6.45) is 3.73. The Morgan fingerprint density at radius 1 is 1.21 bits per heavy atom. The number of ether oxygens (including phenoxy) is 2. The van der Waals surface area contributed by atoms with Crippen molar-refractivity contribution in [1.29, 1.82) is 0 Å². The molecule has 0 spiro atoms. The minimum atomic E-state index is 0.702. The number of hydrogen-bond acceptors (Lipinski definition) is 4. The van der Waals surface area contributed by atoms with Crippen LogP contribution in [0.5, 0.6) is 11.5 Å². The fraction of sp³-hybridized carbons (Fsp3) is 0.357. The van der Waals surface area contributed by atoms with Crippen molar-refractivity contribution in [3.8, 4) is 11.5 Å². The Bertz CT molecular complexity index is 537. The highest BCUT2D eigenvalue weighted by molar-refractivity contribution is 5.46. The maximum atomic E-state index is 5.39. The van der Waals surface area contributed by atoms with Gasteiger partial charge in [0.05, 0.1) is 20.8 Å². The summed E-state index contributed by atoms with van der Waals surface area (Å²) in [4.78, 5) is 4.27. The molecule has 0 unspecified atom stereocenters. The third-order valence-corrected chi connectivity index (χ3v) is 3.00. The predicted octanol–water partition coefficient (Wildman–Crippen LogP) is 1.73. The second kappa shape index (κ2) is 6.24. The first-order valence-corrected chi connectivity index (χ1v) is 6.13. The van der Waals surface area contributed by atoms with E-state index in [1.54, 1.807) is 20.4 Å². The summed E-state index contributed by atoms with van der Waals surface area (Å²) in [6, 6.07) is 5.87. The number of hydrogen-bond donors (Lipinski definition) is 1. The quantitative estimate of drug-likeness (QED) is 0.860. The molecule has 0 aliphatic carbocycles. The van der Waals surface area contributed by atoms with Crippen molar-refractivity contribution in [3.63, 3.8) is 0 Å². The molecule has 5 heteroatoms. The normalized spacial score (nSPS) is 10.5. The molecule has 0 saturated heterocycles. The minimum Gasteiger partial charge on any atom is -0.493 e. The van der Waals surface area contributed by atoms with E-state index in [4.69, 9.17) is 9.47 Å². The zero-order chi connectivity index (χ0) is 13.7. The van der Waals surface area contributed by atoms with Gasteiger partial charge in [-0.2, -0.15) is 0 Å². The van der Waals surface area contributed by atoms with E-state index in [0.717, 1.165) is 22.9 Å². The van der Waals surface area contributed by atoms with Crippen LogP contribution in [-0.2, 0) is 20.1 Å². The van der Waals surface area contributed by atoms with Crippen LogP contribution in [0.2, 0.25) is 0 Å². The maximum absolute atomic E-state index is 5.39. The molecular weight excluding hydrogens is 242 g/mol. The van der Waals surface area contributed by atoms with Gasteiger partial charge in [0.15, 0.2) is 11.5 Å². The monoisotopic (exact) mass is 261 g/mol. The van der Waals surface area contributed by atoms with Gasteiger partial charge in [-0.15, -0.1) is 0 Å². The van der Waals surface area contributed by atoms with Gasteiger partial charge in [0.2, 0.25) is 0 Å². The molecule has 0 bridgehead atoms. The van der Waals surface area contributed by atoms with Gasteiger partial charge >= 0.3 is 0 Å². The first-order chi connectivity index (χ1) is 9.26. The standard InChI is InChI=1S/C14H19N3O2/c1-17-8-7-16-13(17)10-15-9-11-5-4-6-12(18-2)14(11)19-3/h4-8,15H,9-10H2,1-3H3. The van der Waals surface area contributed by atoms with Gasteiger partial charge < -0.3 is 19.4 Å². The van der Waals surface area contributed by atoms with Crippen molar-refractivity contribution >= 4 is 0 Å². The number of methoxy groups -OCH3 is 2. The van der Waals surface area contributed by atoms with Crippen LogP contribution < -0.4 is 14.8 Å². The highest BCUT2D eigenvalue weighted by Gasteiger charge is 2.09. The molecule has 0 saturated carbocycles. The van der Waals surface area contributed by atoms with Gasteiger partial charge in [0.1, 0.15) is 5.82 Å². The summed E-state index contributed by atoms with van der Waals surface area (Å²) in [5, 5.41) is 3.35. The van der Waals surface area contributed by atoms with Crippen molar-refractivity contribution in [2.24, 2.45) is 7.05 Å². The van der Waals surface area contributed by atoms with Gasteiger partial charge in [-0.05, 0) is 6.07 Å². The van der Waals surface area contributed by atoms with Crippen LogP contribution in [0.25, 0.3) is 0 Å². The predicted molar refractivity (Wildman–Crippen MR) is 73.3 cm³/mol. The number of nitrogens with one attached hydrogen (secondary N) is 1. The lowest BCUT2D eigenvalue weighted by atomic mass is 10.2. The van der Waals surface area contributed by atoms with E-state index in [1.165, 1.54) is 0 Å². The Labute approximate surface area is 113 Å². The molecule has 5 nitrogen and oxygen atoms in total. The summed E-state index contributed by atoms with van der Waals surface area (Å²) >= 11 is 0. The van der Waals surface area contributed by atoms with Crippen molar-refractivity contribution < 1.29 is 9.47 Å². The average Bonchev–Trinajstić information content (AvgIpc) is 2.84. The molecule has 0 aliphatic heterocycles. The molecule has 2 rings (SSSR count). The smallest absolute Gasteiger partial charge is 0.165 e. The highest BCUT2D eigenvalue weighted by atomic mass is 16.5. The lowest BCUT2D eigenvalue weighted by Gasteiger charge is -2.13. The Morgan fingerprint density at radius 3 is 2.68 bits per heavy atom. The molecule has 0 fully saturated rings. The number of aryl methyl sites for hydroxylation is 1. The molecule has 1 aromatic heterocycles. The summed E-state index contributed by atoms with van der Waals surface area (Å²) in [5.74, 6) is 2.53. The largest absolute Gasteiger partial charge is 0.493 e. The van der Waals surface area contributed by atoms with E-state index in [1.807, 2.05) is 36.0 Å². The number of benzene rings is 1. The molecule has 0 aliphatic rings. The topological polar surface area (TPSA) is 48.3 Å². The SMILES string of the molecule is COc1cccc(CNCc2nccn2C)c1OC. The van der Waals surface area contributed by atoms with E-state index < -0.39 is 0 Å². The highest BCUT2D eigenvalue weighted by Crippen LogP contribution is 2.30. The number of para-hydroxylation sites is 1. The summed E-state index contributed by atoms with van der Waals surface area (Å²) in [5.41, 5.74) is 1.07. The van der Waals surface area contributed by atoms with Crippen LogP contribution in [0.3, 0.4) is 0 Å². The molecule has 102 valence electrons. The van der Waals surface area contributed by atoms with Crippen LogP contribution in [0.4, 0.5) is 0 Å². The Kier molecular flexibility index (Phi) is 4.41. The molecule has 19 heavy (non-hydrogen) atoms. The van der Waals surface area contributed by atoms with Crippen LogP contribution in [-0.4, -0.2) is 23.8 Å². The van der Waals surface area contributed by atoms with Crippen molar-refractivity contribution in [1.82, 2.24) is 14.9 Å². The van der Waals surface area contributed by atoms with Crippen LogP contribution in [0.1, 0.15) is 11.4 Å². The Balaban J connectivity index is 2.01. The van der Waals surface area contributed by atoms with E-state index in [-0.39, 0.29) is 0 Å². The molecule has 0 amide bonds. The van der Waals surface area contributed by atoms with E-state index in [9.17, 15) is 0 Å². The molecule has 0 atom stereocenters. The molecule has 1 N–H and O–H groups in total. The van der Waals surface area contributed by atoms with Gasteiger partial charge in [0.25, 0.3) is 0 Å². The summed E-state index contributed by atoms with van der Waals surface area (Å²) in [7, 11) is 5.28. The van der Waals surface area contributed by atoms with E-state index in [2.05, 4.69) is 10.3 Å². The second-order valence-corrected chi connectivity index (χ2v) is 4.21. The molecule has 0 radical (unpaired) electrons. The first kappa shape index (κ1) is 13.4. The third-order valence-electron chi connectivity index (χ3n) is 3.00. The lowest BCUT2D eigenvalue weighted by Crippen LogP contribution is -2.16. The van der Waals surface area contributed by atoms with Gasteiger partial charge in [-0.3, -0.25) is 0 Å². The van der Waals surface area contributed by atoms with Crippen molar-refractivity contribution in [3.05, 3.63) is 42.0 Å². The maximum Gasteiger partial charge on any atom is 0.165 e. The zero-order valence-corrected chi connectivity index (χ0v) is 11.5. The van der Waals surface area contributed by atoms with Crippen molar-refractivity contribution in [2.45, 2.75) is 13.1 Å². The first-order valence-electron chi connectivity index (χ1n) is 6.13. The Hall–Kier alpha value is -2.01. The van der Waals surface area contributed by atoms with Crippen LogP contribution >= 0.6 is 0 Å². The fourth-order valence-corrected chi connectivity index (χ4v) is 1.97. The summed E-state index contributed by atoms with van der Waals surface area (Å²) < 4.78 is 12.7. The van der Waals surface area contributed by atoms with E-state index in [0.29, 0.717) is 13.1 Å². The van der Waals surface area contributed by atoms with E-state index >= 15 is 0 Å². The molecule has 1 heterocycles. The molecule has 1 aromatic carbocycles. The molecular formula is C14H19N3O2. The Morgan fingerprint density at radius 2 is 2.05 bits per heavy atom.